The molecule has 25 heavy (non-hydrogen) atoms. The number of nitrogens with one attached hydrogen (secondary N) is 1. The van der Waals surface area contributed by atoms with Gasteiger partial charge in [-0.3, -0.25) is 0 Å². The summed E-state index contributed by atoms with van der Waals surface area (Å²) in [7, 11) is 0. The summed E-state index contributed by atoms with van der Waals surface area (Å²) in [6.07, 6.45) is 5.41. The third kappa shape index (κ3) is 3.02. The van der Waals surface area contributed by atoms with E-state index in [0.717, 1.165) is 36.9 Å². The molecule has 1 aliphatic heterocycles. The molecule has 1 fully saturated rings. The van der Waals surface area contributed by atoms with Crippen LogP contribution in [0.2, 0.25) is 0 Å². The lowest BCUT2D eigenvalue weighted by atomic mass is 10.2. The fourth-order valence-corrected chi connectivity index (χ4v) is 2.86. The van der Waals surface area contributed by atoms with Gasteiger partial charge in [-0.05, 0) is 26.2 Å². The summed E-state index contributed by atoms with van der Waals surface area (Å²) in [5, 5.41) is 7.87. The number of hydrogen-bond donors (Lipinski definition) is 1. The quantitative estimate of drug-likeness (QED) is 0.784. The third-order valence-electron chi connectivity index (χ3n) is 4.11. The highest BCUT2D eigenvalue weighted by molar-refractivity contribution is 5.78. The van der Waals surface area contributed by atoms with Crippen molar-refractivity contribution in [3.63, 3.8) is 0 Å². The highest BCUT2D eigenvalue weighted by Gasteiger charge is 2.21. The van der Waals surface area contributed by atoms with Crippen LogP contribution in [0, 0.1) is 18.6 Å². The van der Waals surface area contributed by atoms with Crippen LogP contribution in [0.3, 0.4) is 0 Å². The summed E-state index contributed by atoms with van der Waals surface area (Å²) in [5.41, 5.74) is 1.29. The van der Waals surface area contributed by atoms with E-state index in [0.29, 0.717) is 17.9 Å². The Morgan fingerprint density at radius 2 is 2.12 bits per heavy atom. The molecule has 9 heteroatoms. The summed E-state index contributed by atoms with van der Waals surface area (Å²) in [4.78, 5) is 12.4. The van der Waals surface area contributed by atoms with Crippen LogP contribution in [0.15, 0.2) is 18.5 Å². The number of fused-ring (bicyclic) bond motifs is 1. The number of rotatable bonds is 3. The third-order valence-corrected chi connectivity index (χ3v) is 4.11. The molecule has 4 heterocycles. The van der Waals surface area contributed by atoms with Crippen molar-refractivity contribution in [2.75, 3.05) is 11.9 Å². The van der Waals surface area contributed by atoms with Crippen molar-refractivity contribution in [1.29, 1.82) is 0 Å². The van der Waals surface area contributed by atoms with E-state index in [1.54, 1.807) is 10.9 Å². The first-order valence-electron chi connectivity index (χ1n) is 8.03. The number of anilines is 2. The van der Waals surface area contributed by atoms with Crippen molar-refractivity contribution in [1.82, 2.24) is 24.7 Å². The van der Waals surface area contributed by atoms with Crippen LogP contribution in [-0.4, -0.2) is 31.3 Å². The van der Waals surface area contributed by atoms with Gasteiger partial charge in [0.2, 0.25) is 5.95 Å². The molecule has 1 atom stereocenters. The number of halogens is 2. The molecule has 4 rings (SSSR count). The topological polar surface area (TPSA) is 77.8 Å². The van der Waals surface area contributed by atoms with Crippen molar-refractivity contribution >= 4 is 22.8 Å². The van der Waals surface area contributed by atoms with Crippen LogP contribution in [0.5, 0.6) is 0 Å². The maximum Gasteiger partial charge on any atom is 0.230 e. The van der Waals surface area contributed by atoms with Crippen molar-refractivity contribution in [3.8, 4) is 0 Å². The van der Waals surface area contributed by atoms with Gasteiger partial charge >= 0.3 is 0 Å². The van der Waals surface area contributed by atoms with Gasteiger partial charge in [0.15, 0.2) is 23.5 Å². The Hall–Kier alpha value is -2.68. The highest BCUT2D eigenvalue weighted by Crippen LogP contribution is 2.27. The van der Waals surface area contributed by atoms with Gasteiger partial charge in [0.05, 0.1) is 23.5 Å². The molecule has 130 valence electrons. The van der Waals surface area contributed by atoms with E-state index in [4.69, 9.17) is 4.74 Å². The minimum absolute atomic E-state index is 0.139. The van der Waals surface area contributed by atoms with Gasteiger partial charge in [-0.1, -0.05) is 0 Å². The first-order valence-corrected chi connectivity index (χ1v) is 8.03. The Balaban J connectivity index is 1.72. The summed E-state index contributed by atoms with van der Waals surface area (Å²) in [6, 6.07) is 0.751. The lowest BCUT2D eigenvalue weighted by Crippen LogP contribution is -2.19. The predicted molar refractivity (Wildman–Crippen MR) is 86.3 cm³/mol. The van der Waals surface area contributed by atoms with Crippen LogP contribution >= 0.6 is 0 Å². The van der Waals surface area contributed by atoms with Crippen molar-refractivity contribution < 1.29 is 13.5 Å². The van der Waals surface area contributed by atoms with Gasteiger partial charge in [-0.2, -0.15) is 10.1 Å². The average molecular weight is 346 g/mol. The van der Waals surface area contributed by atoms with Gasteiger partial charge in [0, 0.05) is 12.7 Å². The molecule has 0 spiro atoms. The van der Waals surface area contributed by atoms with Gasteiger partial charge in [0.25, 0.3) is 0 Å². The highest BCUT2D eigenvalue weighted by atomic mass is 19.1. The second-order valence-corrected chi connectivity index (χ2v) is 5.89. The van der Waals surface area contributed by atoms with Gasteiger partial charge in [-0.15, -0.1) is 0 Å². The van der Waals surface area contributed by atoms with Crippen molar-refractivity contribution in [3.05, 3.63) is 35.8 Å². The lowest BCUT2D eigenvalue weighted by molar-refractivity contribution is -0.0370. The molecule has 0 aliphatic carbocycles. The summed E-state index contributed by atoms with van der Waals surface area (Å²) in [6.45, 7) is 2.50. The fourth-order valence-electron chi connectivity index (χ4n) is 2.86. The molecule has 3 aromatic heterocycles. The SMILES string of the molecule is Cc1nc(Nc2ncc(F)cc2F)nc2c1cnn2C1CCCCO1. The molecule has 7 nitrogen and oxygen atoms in total. The largest absolute Gasteiger partial charge is 0.356 e. The van der Waals surface area contributed by atoms with Crippen LogP contribution in [0.4, 0.5) is 20.5 Å². The predicted octanol–water partition coefficient (Wildman–Crippen LogP) is 3.25. The fraction of sp³-hybridized carbons (Fsp3) is 0.375. The molecule has 0 radical (unpaired) electrons. The van der Waals surface area contributed by atoms with E-state index in [1.165, 1.54) is 0 Å². The van der Waals surface area contributed by atoms with Crippen molar-refractivity contribution in [2.45, 2.75) is 32.4 Å². The monoisotopic (exact) mass is 346 g/mol. The number of pyridine rings is 1. The number of ether oxygens (including phenoxy) is 1. The molecule has 1 unspecified atom stereocenters. The zero-order valence-corrected chi connectivity index (χ0v) is 13.5. The second kappa shape index (κ2) is 6.32. The smallest absolute Gasteiger partial charge is 0.230 e. The van der Waals surface area contributed by atoms with E-state index in [2.05, 4.69) is 25.4 Å². The van der Waals surface area contributed by atoms with E-state index >= 15 is 0 Å². The molecule has 1 saturated heterocycles. The van der Waals surface area contributed by atoms with Crippen LogP contribution in [0.25, 0.3) is 11.0 Å². The first-order chi connectivity index (χ1) is 12.1. The van der Waals surface area contributed by atoms with Crippen LogP contribution in [-0.2, 0) is 4.74 Å². The molecule has 0 amide bonds. The van der Waals surface area contributed by atoms with Crippen LogP contribution in [0.1, 0.15) is 31.2 Å². The molecule has 3 aromatic rings. The normalized spacial score (nSPS) is 17.8. The minimum Gasteiger partial charge on any atom is -0.356 e. The van der Waals surface area contributed by atoms with Crippen LogP contribution < -0.4 is 5.32 Å². The summed E-state index contributed by atoms with van der Waals surface area (Å²) >= 11 is 0. The molecular weight excluding hydrogens is 330 g/mol. The maximum absolute atomic E-state index is 13.8. The summed E-state index contributed by atoms with van der Waals surface area (Å²) in [5.74, 6) is -1.53. The number of aryl methyl sites for hydroxylation is 1. The van der Waals surface area contributed by atoms with E-state index in [1.807, 2.05) is 6.92 Å². The van der Waals surface area contributed by atoms with E-state index in [-0.39, 0.29) is 18.0 Å². The number of nitrogens with zero attached hydrogens (tertiary/aromatic N) is 5. The lowest BCUT2D eigenvalue weighted by Gasteiger charge is -2.23. The Morgan fingerprint density at radius 1 is 1.24 bits per heavy atom. The minimum atomic E-state index is -0.814. The van der Waals surface area contributed by atoms with Crippen molar-refractivity contribution in [2.24, 2.45) is 0 Å². The molecule has 1 N–H and O–H groups in total. The maximum atomic E-state index is 13.8. The molecule has 0 saturated carbocycles. The zero-order valence-electron chi connectivity index (χ0n) is 13.5. The number of hydrogen-bond acceptors (Lipinski definition) is 6. The average Bonchev–Trinajstić information content (AvgIpc) is 3.03. The Kier molecular flexibility index (Phi) is 4.00. The van der Waals surface area contributed by atoms with Gasteiger partial charge in [0.1, 0.15) is 5.82 Å². The van der Waals surface area contributed by atoms with Gasteiger partial charge < -0.3 is 10.1 Å². The van der Waals surface area contributed by atoms with E-state index < -0.39 is 11.6 Å². The Bertz CT molecular complexity index is 922. The summed E-state index contributed by atoms with van der Waals surface area (Å²) < 4.78 is 34.3. The molecule has 1 aliphatic rings. The Morgan fingerprint density at radius 3 is 2.88 bits per heavy atom. The number of aromatic nitrogens is 5. The zero-order chi connectivity index (χ0) is 17.4. The van der Waals surface area contributed by atoms with E-state index in [9.17, 15) is 8.78 Å². The molecule has 0 aromatic carbocycles. The van der Waals surface area contributed by atoms with Gasteiger partial charge in [-0.25, -0.2) is 23.4 Å². The first kappa shape index (κ1) is 15.8. The standard InChI is InChI=1S/C16H16F2N6O/c1-9-11-8-20-24(13-4-2-3-5-25-13)15(11)23-16(21-9)22-14-12(18)6-10(17)7-19-14/h6-8,13H,2-5H2,1H3,(H,19,21,22,23). The Labute approximate surface area is 142 Å². The second-order valence-electron chi connectivity index (χ2n) is 5.89. The molecule has 0 bridgehead atoms. The molecular formula is C16H16F2N6O.